The van der Waals surface area contributed by atoms with Crippen molar-refractivity contribution in [2.75, 3.05) is 26.7 Å². The van der Waals surface area contributed by atoms with Gasteiger partial charge in [-0.3, -0.25) is 19.0 Å². The zero-order valence-electron chi connectivity index (χ0n) is 19.3. The minimum absolute atomic E-state index is 0.0763. The fourth-order valence-corrected chi connectivity index (χ4v) is 5.41. The third-order valence-corrected chi connectivity index (χ3v) is 7.72. The lowest BCUT2D eigenvalue weighted by molar-refractivity contribution is -0.274. The predicted octanol–water partition coefficient (Wildman–Crippen LogP) is 2.96. The van der Waals surface area contributed by atoms with E-state index in [0.29, 0.717) is 23.6 Å². The molecule has 196 valence electrons. The van der Waals surface area contributed by atoms with Crippen LogP contribution in [0.2, 0.25) is 0 Å². The van der Waals surface area contributed by atoms with Gasteiger partial charge in [0.15, 0.2) is 0 Å². The minimum Gasteiger partial charge on any atom is -0.457 e. The van der Waals surface area contributed by atoms with Crippen LogP contribution >= 0.6 is 0 Å². The van der Waals surface area contributed by atoms with E-state index in [4.69, 9.17) is 4.74 Å². The van der Waals surface area contributed by atoms with Crippen molar-refractivity contribution >= 4 is 22.6 Å². The fourth-order valence-electron chi connectivity index (χ4n) is 3.81. The van der Waals surface area contributed by atoms with Crippen molar-refractivity contribution in [3.63, 3.8) is 0 Å². The molecule has 0 aliphatic carbocycles. The Morgan fingerprint density at radius 2 is 1.56 bits per heavy atom. The summed E-state index contributed by atoms with van der Waals surface area (Å²) in [5.74, 6) is -0.671. The lowest BCUT2D eigenvalue weighted by Gasteiger charge is -2.39. The molecule has 36 heavy (non-hydrogen) atoms. The van der Waals surface area contributed by atoms with Gasteiger partial charge in [-0.15, -0.1) is 13.2 Å². The summed E-state index contributed by atoms with van der Waals surface area (Å²) in [6.07, 6.45) is -4.29. The van der Waals surface area contributed by atoms with Crippen LogP contribution in [0.25, 0.3) is 0 Å². The van der Waals surface area contributed by atoms with Crippen molar-refractivity contribution in [2.24, 2.45) is 0 Å². The Labute approximate surface area is 208 Å². The van der Waals surface area contributed by atoms with E-state index in [1.54, 1.807) is 17.4 Å². The van der Waals surface area contributed by atoms with Crippen LogP contribution in [-0.2, 0) is 20.4 Å². The first-order valence-corrected chi connectivity index (χ1v) is 12.2. The van der Waals surface area contributed by atoms with Gasteiger partial charge in [-0.1, -0.05) is 0 Å². The van der Waals surface area contributed by atoms with Crippen LogP contribution in [0.1, 0.15) is 19.3 Å². The summed E-state index contributed by atoms with van der Waals surface area (Å²) in [7, 11) is -0.122. The van der Waals surface area contributed by atoms with E-state index in [0.717, 1.165) is 12.1 Å². The molecule has 1 aliphatic heterocycles. The topological polar surface area (TPSA) is 117 Å². The summed E-state index contributed by atoms with van der Waals surface area (Å²) in [4.78, 5) is 26.8. The molecule has 0 saturated carbocycles. The normalized spacial score (nSPS) is 16.2. The van der Waals surface area contributed by atoms with Crippen LogP contribution in [0.3, 0.4) is 0 Å². The number of hydroxylamine groups is 1. The van der Waals surface area contributed by atoms with Crippen LogP contribution in [0.15, 0.2) is 53.4 Å². The summed E-state index contributed by atoms with van der Waals surface area (Å²) in [6.45, 7) is 0.956. The SMILES string of the molecule is CNCCC(=O)N1CCC(C(=O)NO)(S(=O)c2ccc(Oc3ccc(OC(F)(F)F)cc3)cc2)CC1. The first-order valence-electron chi connectivity index (χ1n) is 11.0. The molecule has 3 N–H and O–H groups in total. The van der Waals surface area contributed by atoms with Crippen LogP contribution in [0.4, 0.5) is 13.2 Å². The Hall–Kier alpha value is -3.16. The third-order valence-electron chi connectivity index (χ3n) is 5.71. The molecule has 1 aliphatic rings. The van der Waals surface area contributed by atoms with E-state index in [1.165, 1.54) is 36.4 Å². The number of alkyl halides is 3. The summed E-state index contributed by atoms with van der Waals surface area (Å²) < 4.78 is 58.3. The van der Waals surface area contributed by atoms with Gasteiger partial charge in [0, 0.05) is 31.0 Å². The smallest absolute Gasteiger partial charge is 0.457 e. The number of carbonyl (C=O) groups excluding carboxylic acids is 2. The van der Waals surface area contributed by atoms with E-state index >= 15 is 0 Å². The molecule has 0 bridgehead atoms. The molecule has 0 spiro atoms. The van der Waals surface area contributed by atoms with E-state index in [-0.39, 0.29) is 43.3 Å². The van der Waals surface area contributed by atoms with Gasteiger partial charge in [-0.2, -0.15) is 0 Å². The predicted molar refractivity (Wildman–Crippen MR) is 123 cm³/mol. The second-order valence-electron chi connectivity index (χ2n) is 8.03. The molecule has 1 saturated heterocycles. The number of piperidine rings is 1. The van der Waals surface area contributed by atoms with E-state index in [1.807, 2.05) is 0 Å². The molecule has 1 fully saturated rings. The molecule has 9 nitrogen and oxygen atoms in total. The number of amides is 2. The third kappa shape index (κ3) is 6.74. The molecule has 0 radical (unpaired) electrons. The van der Waals surface area contributed by atoms with E-state index < -0.39 is 27.8 Å². The molecule has 13 heteroatoms. The fraction of sp³-hybridized carbons (Fsp3) is 0.391. The Balaban J connectivity index is 1.69. The van der Waals surface area contributed by atoms with Crippen molar-refractivity contribution in [1.29, 1.82) is 0 Å². The number of nitrogens with zero attached hydrogens (tertiary/aromatic N) is 1. The zero-order chi connectivity index (χ0) is 26.3. The number of halogens is 3. The maximum absolute atomic E-state index is 13.5. The molecular formula is C23H26F3N3O6S. The number of carbonyl (C=O) groups is 2. The summed E-state index contributed by atoms with van der Waals surface area (Å²) in [6, 6.07) is 10.9. The summed E-state index contributed by atoms with van der Waals surface area (Å²) in [5, 5.41) is 12.2. The molecule has 3 rings (SSSR count). The quantitative estimate of drug-likeness (QED) is 0.338. The maximum atomic E-state index is 13.5. The monoisotopic (exact) mass is 529 g/mol. The lowest BCUT2D eigenvalue weighted by Crippen LogP contribution is -2.56. The van der Waals surface area contributed by atoms with Gasteiger partial charge in [0.25, 0.3) is 5.91 Å². The molecule has 1 unspecified atom stereocenters. The molecule has 0 aromatic heterocycles. The van der Waals surface area contributed by atoms with Crippen LogP contribution in [0, 0.1) is 0 Å². The first-order chi connectivity index (χ1) is 17.1. The lowest BCUT2D eigenvalue weighted by atomic mass is 9.94. The Morgan fingerprint density at radius 3 is 2.06 bits per heavy atom. The molecular weight excluding hydrogens is 503 g/mol. The number of nitrogens with one attached hydrogen (secondary N) is 2. The molecule has 1 heterocycles. The van der Waals surface area contributed by atoms with Crippen LogP contribution in [0.5, 0.6) is 17.2 Å². The van der Waals surface area contributed by atoms with Gasteiger partial charge in [-0.05, 0) is 68.4 Å². The molecule has 1 atom stereocenters. The Bertz CT molecular complexity index is 1070. The average molecular weight is 530 g/mol. The van der Waals surface area contributed by atoms with Gasteiger partial charge in [-0.25, -0.2) is 5.48 Å². The standard InChI is InChI=1S/C23H26F3N3O6S/c1-27-13-10-20(30)29-14-11-22(12-15-29,21(31)28-32)36(33)19-8-6-17(7-9-19)34-16-2-4-18(5-3-16)35-23(24,25)26/h2-9,27,32H,10-15H2,1H3,(H,28,31). The van der Waals surface area contributed by atoms with Crippen molar-refractivity contribution in [1.82, 2.24) is 15.7 Å². The van der Waals surface area contributed by atoms with Gasteiger partial charge in [0.2, 0.25) is 5.91 Å². The highest BCUT2D eigenvalue weighted by Crippen LogP contribution is 2.34. The van der Waals surface area contributed by atoms with Crippen molar-refractivity contribution < 1.29 is 41.7 Å². The summed E-state index contributed by atoms with van der Waals surface area (Å²) >= 11 is 0. The minimum atomic E-state index is -4.79. The molecule has 2 amide bonds. The van der Waals surface area contributed by atoms with Gasteiger partial charge in [0.05, 0.1) is 10.8 Å². The van der Waals surface area contributed by atoms with Crippen LogP contribution < -0.4 is 20.3 Å². The van der Waals surface area contributed by atoms with Crippen molar-refractivity contribution in [2.45, 2.75) is 35.3 Å². The highest BCUT2D eigenvalue weighted by molar-refractivity contribution is 7.87. The molecule has 2 aromatic rings. The highest BCUT2D eigenvalue weighted by Gasteiger charge is 2.48. The second-order valence-corrected chi connectivity index (χ2v) is 9.82. The highest BCUT2D eigenvalue weighted by atomic mass is 32.2. The van der Waals surface area contributed by atoms with E-state index in [9.17, 15) is 32.2 Å². The van der Waals surface area contributed by atoms with Gasteiger partial charge in [0.1, 0.15) is 22.0 Å². The van der Waals surface area contributed by atoms with Crippen molar-refractivity contribution in [3.8, 4) is 17.2 Å². The Kier molecular flexibility index (Phi) is 8.93. The van der Waals surface area contributed by atoms with Gasteiger partial charge < -0.3 is 19.7 Å². The Morgan fingerprint density at radius 1 is 1.03 bits per heavy atom. The summed E-state index contributed by atoms with van der Waals surface area (Å²) in [5.41, 5.74) is 1.62. The number of hydrogen-bond donors (Lipinski definition) is 3. The number of likely N-dealkylation sites (tertiary alicyclic amines) is 1. The number of rotatable bonds is 9. The number of hydrogen-bond acceptors (Lipinski definition) is 7. The molecule has 2 aromatic carbocycles. The van der Waals surface area contributed by atoms with Crippen molar-refractivity contribution in [3.05, 3.63) is 48.5 Å². The van der Waals surface area contributed by atoms with Crippen LogP contribution in [-0.4, -0.2) is 63.9 Å². The second kappa shape index (κ2) is 11.7. The number of ether oxygens (including phenoxy) is 2. The average Bonchev–Trinajstić information content (AvgIpc) is 2.87. The van der Waals surface area contributed by atoms with Gasteiger partial charge >= 0.3 is 6.36 Å². The van der Waals surface area contributed by atoms with E-state index in [2.05, 4.69) is 10.1 Å². The number of benzene rings is 2. The largest absolute Gasteiger partial charge is 0.573 e. The maximum Gasteiger partial charge on any atom is 0.573 e. The first kappa shape index (κ1) is 27.4. The zero-order valence-corrected chi connectivity index (χ0v) is 20.2.